The zero-order valence-electron chi connectivity index (χ0n) is 10.6. The van der Waals surface area contributed by atoms with Gasteiger partial charge in [0.1, 0.15) is 5.75 Å². The number of rotatable bonds is 8. The van der Waals surface area contributed by atoms with Crippen molar-refractivity contribution in [2.24, 2.45) is 0 Å². The standard InChI is InChI=1S/C14H19NO2S/c1-12(7-8-16)18-10-2-9-17-14-5-3-13(11-15)4-6-14/h3-6,12,16H,2,7-10H2,1H3. The van der Waals surface area contributed by atoms with Crippen LogP contribution in [0.3, 0.4) is 0 Å². The highest BCUT2D eigenvalue weighted by Gasteiger charge is 2.01. The van der Waals surface area contributed by atoms with Crippen molar-refractivity contribution in [2.75, 3.05) is 19.0 Å². The Labute approximate surface area is 113 Å². The lowest BCUT2D eigenvalue weighted by Gasteiger charge is -2.09. The van der Waals surface area contributed by atoms with E-state index in [1.807, 2.05) is 23.9 Å². The molecule has 0 heterocycles. The van der Waals surface area contributed by atoms with E-state index < -0.39 is 0 Å². The topological polar surface area (TPSA) is 53.2 Å². The maximum absolute atomic E-state index is 8.77. The van der Waals surface area contributed by atoms with E-state index in [0.29, 0.717) is 17.4 Å². The number of ether oxygens (including phenoxy) is 1. The summed E-state index contributed by atoms with van der Waals surface area (Å²) in [6.07, 6.45) is 1.83. The van der Waals surface area contributed by atoms with Gasteiger partial charge in [0.05, 0.1) is 18.2 Å². The maximum atomic E-state index is 8.77. The number of aliphatic hydroxyl groups excluding tert-OH is 1. The van der Waals surface area contributed by atoms with Crippen molar-refractivity contribution in [1.82, 2.24) is 0 Å². The highest BCUT2D eigenvalue weighted by Crippen LogP contribution is 2.16. The van der Waals surface area contributed by atoms with Crippen molar-refractivity contribution in [1.29, 1.82) is 5.26 Å². The molecule has 18 heavy (non-hydrogen) atoms. The number of hydrogen-bond acceptors (Lipinski definition) is 4. The van der Waals surface area contributed by atoms with Crippen LogP contribution in [-0.4, -0.2) is 29.3 Å². The first-order chi connectivity index (χ1) is 8.76. The molecule has 0 aromatic heterocycles. The van der Waals surface area contributed by atoms with Crippen molar-refractivity contribution in [3.63, 3.8) is 0 Å². The SMILES string of the molecule is CC(CCO)SCCCOc1ccc(C#N)cc1. The summed E-state index contributed by atoms with van der Waals surface area (Å²) in [6.45, 7) is 3.07. The van der Waals surface area contributed by atoms with Gasteiger partial charge >= 0.3 is 0 Å². The Morgan fingerprint density at radius 1 is 1.39 bits per heavy atom. The molecule has 0 radical (unpaired) electrons. The molecule has 0 aliphatic carbocycles. The van der Waals surface area contributed by atoms with Crippen molar-refractivity contribution in [2.45, 2.75) is 25.0 Å². The molecule has 1 atom stereocenters. The first-order valence-electron chi connectivity index (χ1n) is 6.11. The highest BCUT2D eigenvalue weighted by molar-refractivity contribution is 7.99. The number of aliphatic hydroxyl groups is 1. The fourth-order valence-corrected chi connectivity index (χ4v) is 2.38. The van der Waals surface area contributed by atoms with Gasteiger partial charge in [-0.2, -0.15) is 17.0 Å². The molecule has 0 saturated heterocycles. The smallest absolute Gasteiger partial charge is 0.119 e. The van der Waals surface area contributed by atoms with Crippen LogP contribution in [0.4, 0.5) is 0 Å². The van der Waals surface area contributed by atoms with Crippen LogP contribution in [0.25, 0.3) is 0 Å². The van der Waals surface area contributed by atoms with Crippen LogP contribution in [0.1, 0.15) is 25.3 Å². The molecule has 0 saturated carbocycles. The van der Waals surface area contributed by atoms with Crippen LogP contribution in [-0.2, 0) is 0 Å². The third kappa shape index (κ3) is 5.95. The largest absolute Gasteiger partial charge is 0.494 e. The third-order valence-corrected chi connectivity index (χ3v) is 3.81. The minimum Gasteiger partial charge on any atom is -0.494 e. The first kappa shape index (κ1) is 14.9. The van der Waals surface area contributed by atoms with Gasteiger partial charge in [0.15, 0.2) is 0 Å². The predicted octanol–water partition coefficient (Wildman–Crippen LogP) is 2.83. The molecule has 0 aliphatic rings. The molecular formula is C14H19NO2S. The van der Waals surface area contributed by atoms with Crippen molar-refractivity contribution < 1.29 is 9.84 Å². The molecule has 0 bridgehead atoms. The van der Waals surface area contributed by atoms with E-state index in [-0.39, 0.29) is 6.61 Å². The Morgan fingerprint density at radius 2 is 2.11 bits per heavy atom. The molecule has 1 aromatic rings. The van der Waals surface area contributed by atoms with Crippen LogP contribution in [0.5, 0.6) is 5.75 Å². The Hall–Kier alpha value is -1.18. The molecule has 1 N–H and O–H groups in total. The van der Waals surface area contributed by atoms with Crippen LogP contribution in [0, 0.1) is 11.3 Å². The van der Waals surface area contributed by atoms with E-state index in [1.54, 1.807) is 12.1 Å². The monoisotopic (exact) mass is 265 g/mol. The van der Waals surface area contributed by atoms with Gasteiger partial charge in [0.2, 0.25) is 0 Å². The molecule has 1 aromatic carbocycles. The van der Waals surface area contributed by atoms with E-state index in [1.165, 1.54) is 0 Å². The second kappa shape index (κ2) is 8.84. The highest BCUT2D eigenvalue weighted by atomic mass is 32.2. The van der Waals surface area contributed by atoms with Gasteiger partial charge in [0, 0.05) is 11.9 Å². The fraction of sp³-hybridized carbons (Fsp3) is 0.500. The average Bonchev–Trinajstić information content (AvgIpc) is 2.39. The summed E-state index contributed by atoms with van der Waals surface area (Å²) in [4.78, 5) is 0. The van der Waals surface area contributed by atoms with Gasteiger partial charge in [-0.05, 0) is 42.9 Å². The zero-order chi connectivity index (χ0) is 13.2. The molecule has 0 aliphatic heterocycles. The van der Waals surface area contributed by atoms with Crippen molar-refractivity contribution in [3.05, 3.63) is 29.8 Å². The van der Waals surface area contributed by atoms with Gasteiger partial charge in [-0.3, -0.25) is 0 Å². The molecule has 0 amide bonds. The molecule has 1 rings (SSSR count). The van der Waals surface area contributed by atoms with Gasteiger partial charge in [-0.15, -0.1) is 0 Å². The summed E-state index contributed by atoms with van der Waals surface area (Å²) < 4.78 is 5.58. The number of hydrogen-bond donors (Lipinski definition) is 1. The van der Waals surface area contributed by atoms with Gasteiger partial charge < -0.3 is 9.84 Å². The molecule has 4 heteroatoms. The normalized spacial score (nSPS) is 11.8. The van der Waals surface area contributed by atoms with E-state index in [2.05, 4.69) is 13.0 Å². The van der Waals surface area contributed by atoms with Crippen LogP contribution in [0.2, 0.25) is 0 Å². The van der Waals surface area contributed by atoms with Gasteiger partial charge in [-0.25, -0.2) is 0 Å². The summed E-state index contributed by atoms with van der Waals surface area (Å²) in [5.41, 5.74) is 0.649. The number of benzene rings is 1. The summed E-state index contributed by atoms with van der Waals surface area (Å²) in [6, 6.07) is 9.23. The lowest BCUT2D eigenvalue weighted by Crippen LogP contribution is -2.03. The summed E-state index contributed by atoms with van der Waals surface area (Å²) >= 11 is 1.86. The Morgan fingerprint density at radius 3 is 2.72 bits per heavy atom. The second-order valence-corrected chi connectivity index (χ2v) is 5.58. The van der Waals surface area contributed by atoms with E-state index in [0.717, 1.165) is 24.3 Å². The lowest BCUT2D eigenvalue weighted by atomic mass is 10.2. The van der Waals surface area contributed by atoms with Gasteiger partial charge in [0.25, 0.3) is 0 Å². The average molecular weight is 265 g/mol. The number of thioether (sulfide) groups is 1. The second-order valence-electron chi connectivity index (χ2n) is 4.03. The Kier molecular flexibility index (Phi) is 7.31. The number of nitrogens with zero attached hydrogens (tertiary/aromatic N) is 1. The molecule has 0 spiro atoms. The predicted molar refractivity (Wildman–Crippen MR) is 74.9 cm³/mol. The zero-order valence-corrected chi connectivity index (χ0v) is 11.4. The van der Waals surface area contributed by atoms with E-state index in [4.69, 9.17) is 15.1 Å². The third-order valence-electron chi connectivity index (χ3n) is 2.48. The Balaban J connectivity index is 2.12. The van der Waals surface area contributed by atoms with Crippen molar-refractivity contribution in [3.8, 4) is 11.8 Å². The molecule has 0 fully saturated rings. The maximum Gasteiger partial charge on any atom is 0.119 e. The minimum atomic E-state index is 0.260. The van der Waals surface area contributed by atoms with E-state index in [9.17, 15) is 0 Å². The van der Waals surface area contributed by atoms with Crippen LogP contribution < -0.4 is 4.74 Å². The summed E-state index contributed by atoms with van der Waals surface area (Å²) in [5.74, 6) is 1.85. The summed E-state index contributed by atoms with van der Waals surface area (Å²) in [7, 11) is 0. The van der Waals surface area contributed by atoms with Gasteiger partial charge in [-0.1, -0.05) is 6.92 Å². The molecule has 3 nitrogen and oxygen atoms in total. The van der Waals surface area contributed by atoms with E-state index >= 15 is 0 Å². The molecule has 98 valence electrons. The van der Waals surface area contributed by atoms with Crippen molar-refractivity contribution >= 4 is 11.8 Å². The molecular weight excluding hydrogens is 246 g/mol. The quantitative estimate of drug-likeness (QED) is 0.734. The van der Waals surface area contributed by atoms with Crippen LogP contribution >= 0.6 is 11.8 Å². The number of nitriles is 1. The van der Waals surface area contributed by atoms with Crippen LogP contribution in [0.15, 0.2) is 24.3 Å². The Bertz CT molecular complexity index is 372. The minimum absolute atomic E-state index is 0.260. The summed E-state index contributed by atoms with van der Waals surface area (Å²) in [5, 5.41) is 17.9. The molecule has 1 unspecified atom stereocenters. The first-order valence-corrected chi connectivity index (χ1v) is 7.16. The lowest BCUT2D eigenvalue weighted by molar-refractivity contribution is 0.288. The fourth-order valence-electron chi connectivity index (χ4n) is 1.42.